The van der Waals surface area contributed by atoms with Crippen LogP contribution in [0.25, 0.3) is 0 Å². The first kappa shape index (κ1) is 20.2. The number of rotatable bonds is 7. The number of methoxy groups -OCH3 is 1. The van der Waals surface area contributed by atoms with E-state index in [2.05, 4.69) is 5.32 Å². The molecule has 1 aromatic heterocycles. The number of furan rings is 1. The highest BCUT2D eigenvalue weighted by Gasteiger charge is 2.20. The summed E-state index contributed by atoms with van der Waals surface area (Å²) >= 11 is 6.12. The van der Waals surface area contributed by atoms with Gasteiger partial charge in [0.2, 0.25) is 0 Å². The first-order valence-corrected chi connectivity index (χ1v) is 8.87. The Bertz CT molecular complexity index is 1040. The molecule has 0 unspecified atom stereocenters. The maximum Gasteiger partial charge on any atom is 0.296 e. The van der Waals surface area contributed by atoms with Crippen LogP contribution in [-0.4, -0.2) is 17.9 Å². The van der Waals surface area contributed by atoms with Crippen molar-refractivity contribution in [1.29, 1.82) is 0 Å². The van der Waals surface area contributed by atoms with Gasteiger partial charge >= 0.3 is 0 Å². The summed E-state index contributed by atoms with van der Waals surface area (Å²) in [7, 11) is 1.40. The van der Waals surface area contributed by atoms with Crippen molar-refractivity contribution in [2.75, 3.05) is 12.4 Å². The normalized spacial score (nSPS) is 10.4. The molecule has 2 aromatic carbocycles. The first-order valence-electron chi connectivity index (χ1n) is 8.49. The minimum atomic E-state index is -0.626. The van der Waals surface area contributed by atoms with Crippen LogP contribution in [0.4, 0.5) is 11.4 Å². The number of ether oxygens (including phenoxy) is 2. The Morgan fingerprint density at radius 3 is 2.72 bits per heavy atom. The van der Waals surface area contributed by atoms with E-state index in [1.807, 2.05) is 19.1 Å². The largest absolute Gasteiger partial charge is 0.496 e. The number of carbonyl (C=O) groups is 1. The number of hydrogen-bond acceptors (Lipinski definition) is 6. The van der Waals surface area contributed by atoms with Crippen LogP contribution >= 0.6 is 11.6 Å². The lowest BCUT2D eigenvalue weighted by atomic mass is 10.2. The molecule has 0 atom stereocenters. The van der Waals surface area contributed by atoms with Gasteiger partial charge in [-0.05, 0) is 42.8 Å². The Kier molecular flexibility index (Phi) is 6.04. The number of carbonyl (C=O) groups excluding carboxylic acids is 1. The van der Waals surface area contributed by atoms with Crippen molar-refractivity contribution in [2.24, 2.45) is 0 Å². The molecule has 0 aliphatic carbocycles. The molecule has 1 heterocycles. The van der Waals surface area contributed by atoms with Gasteiger partial charge in [-0.2, -0.15) is 0 Å². The third-order valence-corrected chi connectivity index (χ3v) is 4.36. The summed E-state index contributed by atoms with van der Waals surface area (Å²) in [4.78, 5) is 23.0. The van der Waals surface area contributed by atoms with Crippen LogP contribution in [0.3, 0.4) is 0 Å². The standard InChI is InChI=1S/C20H17ClN2O6/c1-12-4-3-5-15(21)19(12)28-11-14-7-9-18(29-14)20(24)22-16-8-6-13(27-2)10-17(16)23(25)26/h3-10H,11H2,1-2H3,(H,22,24). The maximum absolute atomic E-state index is 12.4. The molecular weight excluding hydrogens is 400 g/mol. The van der Waals surface area contributed by atoms with E-state index in [9.17, 15) is 14.9 Å². The van der Waals surface area contributed by atoms with E-state index < -0.39 is 10.8 Å². The van der Waals surface area contributed by atoms with Crippen molar-refractivity contribution in [3.63, 3.8) is 0 Å². The quantitative estimate of drug-likeness (QED) is 0.429. The molecular formula is C20H17ClN2O6. The summed E-state index contributed by atoms with van der Waals surface area (Å²) in [5, 5.41) is 14.2. The molecule has 0 saturated carbocycles. The van der Waals surface area contributed by atoms with Crippen LogP contribution in [0.1, 0.15) is 21.9 Å². The van der Waals surface area contributed by atoms with Crippen molar-refractivity contribution in [1.82, 2.24) is 0 Å². The lowest BCUT2D eigenvalue weighted by Crippen LogP contribution is -2.12. The Labute approximate surface area is 171 Å². The third kappa shape index (κ3) is 4.67. The van der Waals surface area contributed by atoms with Gasteiger partial charge in [-0.1, -0.05) is 23.7 Å². The van der Waals surface area contributed by atoms with Crippen molar-refractivity contribution < 1.29 is 23.6 Å². The maximum atomic E-state index is 12.4. The molecule has 0 aliphatic heterocycles. The third-order valence-electron chi connectivity index (χ3n) is 4.06. The Balaban J connectivity index is 1.71. The molecule has 3 aromatic rings. The van der Waals surface area contributed by atoms with E-state index in [-0.39, 0.29) is 23.7 Å². The Hall–Kier alpha value is -3.52. The molecule has 1 amide bonds. The number of nitro benzene ring substituents is 1. The predicted octanol–water partition coefficient (Wildman–Crippen LogP) is 4.99. The number of halogens is 1. The molecule has 9 heteroatoms. The summed E-state index contributed by atoms with van der Waals surface area (Å²) in [6, 6.07) is 12.6. The second kappa shape index (κ2) is 8.66. The predicted molar refractivity (Wildman–Crippen MR) is 107 cm³/mol. The summed E-state index contributed by atoms with van der Waals surface area (Å²) in [6.45, 7) is 1.94. The first-order chi connectivity index (χ1) is 13.9. The van der Waals surface area contributed by atoms with Crippen LogP contribution < -0.4 is 14.8 Å². The number of nitro groups is 1. The highest BCUT2D eigenvalue weighted by atomic mass is 35.5. The fourth-order valence-electron chi connectivity index (χ4n) is 2.60. The van der Waals surface area contributed by atoms with E-state index in [1.165, 1.54) is 31.4 Å². The number of benzene rings is 2. The van der Waals surface area contributed by atoms with Crippen LogP contribution in [-0.2, 0) is 6.61 Å². The van der Waals surface area contributed by atoms with Gasteiger partial charge in [0.15, 0.2) is 5.76 Å². The fraction of sp³-hybridized carbons (Fsp3) is 0.150. The van der Waals surface area contributed by atoms with Gasteiger partial charge in [0, 0.05) is 0 Å². The van der Waals surface area contributed by atoms with Gasteiger partial charge in [-0.25, -0.2) is 0 Å². The van der Waals surface area contributed by atoms with E-state index in [0.717, 1.165) is 5.56 Å². The number of aryl methyl sites for hydroxylation is 1. The molecule has 1 N–H and O–H groups in total. The zero-order chi connectivity index (χ0) is 21.0. The van der Waals surface area contributed by atoms with E-state index in [4.69, 9.17) is 25.5 Å². The van der Waals surface area contributed by atoms with Gasteiger partial charge in [-0.15, -0.1) is 0 Å². The second-order valence-electron chi connectivity index (χ2n) is 6.03. The molecule has 0 fully saturated rings. The molecule has 150 valence electrons. The van der Waals surface area contributed by atoms with Crippen LogP contribution in [0.2, 0.25) is 5.02 Å². The molecule has 29 heavy (non-hydrogen) atoms. The van der Waals surface area contributed by atoms with E-state index >= 15 is 0 Å². The lowest BCUT2D eigenvalue weighted by Gasteiger charge is -2.09. The topological polar surface area (TPSA) is 104 Å². The summed E-state index contributed by atoms with van der Waals surface area (Å²) < 4.78 is 16.1. The molecule has 0 radical (unpaired) electrons. The number of amides is 1. The van der Waals surface area contributed by atoms with Crippen LogP contribution in [0.5, 0.6) is 11.5 Å². The molecule has 3 rings (SSSR count). The zero-order valence-corrected chi connectivity index (χ0v) is 16.4. The highest BCUT2D eigenvalue weighted by Crippen LogP contribution is 2.30. The Morgan fingerprint density at radius 1 is 1.24 bits per heavy atom. The SMILES string of the molecule is COc1ccc(NC(=O)c2ccc(COc3c(C)cccc3Cl)o2)c([N+](=O)[O-])c1. The minimum Gasteiger partial charge on any atom is -0.496 e. The highest BCUT2D eigenvalue weighted by molar-refractivity contribution is 6.32. The van der Waals surface area contributed by atoms with Gasteiger partial charge in [0.1, 0.15) is 29.6 Å². The zero-order valence-electron chi connectivity index (χ0n) is 15.6. The van der Waals surface area contributed by atoms with Crippen molar-refractivity contribution >= 4 is 28.9 Å². The summed E-state index contributed by atoms with van der Waals surface area (Å²) in [6.07, 6.45) is 0. The van der Waals surface area contributed by atoms with E-state index in [1.54, 1.807) is 12.1 Å². The number of nitrogens with zero attached hydrogens (tertiary/aromatic N) is 1. The molecule has 0 aliphatic rings. The van der Waals surface area contributed by atoms with Gasteiger partial charge in [-0.3, -0.25) is 14.9 Å². The van der Waals surface area contributed by atoms with Gasteiger partial charge in [0.05, 0.1) is 23.1 Å². The fourth-order valence-corrected chi connectivity index (χ4v) is 2.88. The van der Waals surface area contributed by atoms with Crippen molar-refractivity contribution in [3.8, 4) is 11.5 Å². The summed E-state index contributed by atoms with van der Waals surface area (Å²) in [5.74, 6) is 0.606. The number of para-hydroxylation sites is 1. The average molecular weight is 417 g/mol. The number of hydrogen-bond donors (Lipinski definition) is 1. The van der Waals surface area contributed by atoms with Crippen molar-refractivity contribution in [3.05, 3.63) is 80.8 Å². The molecule has 0 bridgehead atoms. The summed E-state index contributed by atoms with van der Waals surface area (Å²) in [5.41, 5.74) is 0.609. The van der Waals surface area contributed by atoms with Gasteiger partial charge in [0.25, 0.3) is 11.6 Å². The van der Waals surface area contributed by atoms with Crippen LogP contribution in [0.15, 0.2) is 52.9 Å². The molecule has 8 nitrogen and oxygen atoms in total. The molecule has 0 spiro atoms. The lowest BCUT2D eigenvalue weighted by molar-refractivity contribution is -0.384. The monoisotopic (exact) mass is 416 g/mol. The molecule has 0 saturated heterocycles. The van der Waals surface area contributed by atoms with Crippen molar-refractivity contribution in [2.45, 2.75) is 13.5 Å². The minimum absolute atomic E-state index is 0.00963. The number of anilines is 1. The van der Waals surface area contributed by atoms with E-state index in [0.29, 0.717) is 22.3 Å². The second-order valence-corrected chi connectivity index (χ2v) is 6.44. The number of nitrogens with one attached hydrogen (secondary N) is 1. The van der Waals surface area contributed by atoms with Gasteiger partial charge < -0.3 is 19.2 Å². The Morgan fingerprint density at radius 2 is 2.03 bits per heavy atom. The smallest absolute Gasteiger partial charge is 0.296 e. The van der Waals surface area contributed by atoms with Crippen LogP contribution in [0, 0.1) is 17.0 Å². The average Bonchev–Trinajstić information content (AvgIpc) is 3.17.